The molecule has 0 heterocycles. The van der Waals surface area contributed by atoms with Crippen molar-refractivity contribution in [2.75, 3.05) is 0 Å². The molecule has 3 aliphatic carbocycles. The van der Waals surface area contributed by atoms with E-state index in [-0.39, 0.29) is 0 Å². The van der Waals surface area contributed by atoms with Gasteiger partial charge in [0.05, 0.1) is 0 Å². The molecule has 0 saturated carbocycles. The Kier molecular flexibility index (Phi) is 7.04. The molecule has 13 rings (SSSR count). The van der Waals surface area contributed by atoms with Crippen LogP contribution in [0.4, 0.5) is 0 Å². The summed E-state index contributed by atoms with van der Waals surface area (Å²) in [4.78, 5) is 0. The number of rotatable bonds is 0. The SMILES string of the molecule is Cc1c(C)c2c(C)c(C)c(C)c3c4c(C)c(C)c5c6c(c(C)c(C)c(c(c1C)c23)c64)C5.Cc1c2c3c(c(C)c(C)c4c5c(C)c(C)c6c7c(c(C)c(C)c(c(c1C)c34)c75)C6)C2. The summed E-state index contributed by atoms with van der Waals surface area (Å²) in [6.07, 6.45) is 3.45. The zero-order valence-corrected chi connectivity index (χ0v) is 40.1. The molecule has 0 radical (unpaired) electrons. The van der Waals surface area contributed by atoms with Crippen LogP contribution >= 0.6 is 0 Å². The fourth-order valence-corrected chi connectivity index (χ4v) is 14.1. The van der Waals surface area contributed by atoms with Gasteiger partial charge >= 0.3 is 0 Å². The summed E-state index contributed by atoms with van der Waals surface area (Å²) < 4.78 is 0. The van der Waals surface area contributed by atoms with E-state index in [1.807, 2.05) is 0 Å². The summed E-state index contributed by atoms with van der Waals surface area (Å²) in [5.41, 5.74) is 36.5. The van der Waals surface area contributed by atoms with E-state index in [0.29, 0.717) is 0 Å². The molecule has 0 spiro atoms. The Hall–Kier alpha value is -5.20. The van der Waals surface area contributed by atoms with Crippen LogP contribution in [0.5, 0.6) is 0 Å². The van der Waals surface area contributed by atoms with Crippen LogP contribution in [0.1, 0.15) is 134 Å². The lowest BCUT2D eigenvalue weighted by atomic mass is 9.68. The molecule has 0 bridgehead atoms. The molecule has 0 nitrogen and oxygen atoms in total. The third-order valence-corrected chi connectivity index (χ3v) is 19.0. The summed E-state index contributed by atoms with van der Waals surface area (Å²) in [5.74, 6) is 0. The summed E-state index contributed by atoms with van der Waals surface area (Å²) in [7, 11) is 0. The highest BCUT2D eigenvalue weighted by Crippen LogP contribution is 2.57. The predicted molar refractivity (Wildman–Crippen MR) is 269 cm³/mol. The van der Waals surface area contributed by atoms with Gasteiger partial charge in [-0.1, -0.05) is 0 Å². The van der Waals surface area contributed by atoms with Crippen molar-refractivity contribution >= 4 is 86.2 Å². The van der Waals surface area contributed by atoms with Crippen LogP contribution in [0.3, 0.4) is 0 Å². The van der Waals surface area contributed by atoms with Crippen LogP contribution in [0.15, 0.2) is 0 Å². The van der Waals surface area contributed by atoms with Gasteiger partial charge in [-0.05, 0) is 364 Å². The van der Waals surface area contributed by atoms with Crippen molar-refractivity contribution in [2.45, 2.75) is 144 Å². The average Bonchev–Trinajstić information content (AvgIpc) is 3.18. The Labute approximate surface area is 362 Å². The minimum Gasteiger partial charge on any atom is -0.0440 e. The van der Waals surface area contributed by atoms with E-state index < -0.39 is 0 Å². The van der Waals surface area contributed by atoms with E-state index in [4.69, 9.17) is 0 Å². The molecule has 0 atom stereocenters. The van der Waals surface area contributed by atoms with Gasteiger partial charge in [0, 0.05) is 0 Å². The maximum absolute atomic E-state index is 2.38. The van der Waals surface area contributed by atoms with E-state index in [1.54, 1.807) is 87.2 Å². The first kappa shape index (κ1) is 37.6. The molecule has 0 fully saturated rings. The first-order chi connectivity index (χ1) is 28.8. The van der Waals surface area contributed by atoms with E-state index in [1.165, 1.54) is 132 Å². The topological polar surface area (TPSA) is 0 Å². The van der Waals surface area contributed by atoms with Crippen molar-refractivity contribution in [3.8, 4) is 0 Å². The van der Waals surface area contributed by atoms with Crippen molar-refractivity contribution in [3.63, 3.8) is 0 Å². The van der Waals surface area contributed by atoms with Gasteiger partial charge in [0.1, 0.15) is 0 Å². The fourth-order valence-electron chi connectivity index (χ4n) is 14.1. The second-order valence-electron chi connectivity index (χ2n) is 20.7. The van der Waals surface area contributed by atoms with Gasteiger partial charge in [-0.3, -0.25) is 0 Å². The zero-order chi connectivity index (χ0) is 43.2. The second kappa shape index (κ2) is 11.4. The summed E-state index contributed by atoms with van der Waals surface area (Å²) in [5, 5.41) is 24.7. The molecular weight excluding hydrogens is 733 g/mol. The molecule has 0 aromatic heterocycles. The van der Waals surface area contributed by atoms with E-state index in [0.717, 1.165) is 19.3 Å². The average molecular weight is 793 g/mol. The highest BCUT2D eigenvalue weighted by atomic mass is 14.4. The highest BCUT2D eigenvalue weighted by Gasteiger charge is 2.35. The number of aryl methyl sites for hydroxylation is 10. The molecule has 61 heavy (non-hydrogen) atoms. The van der Waals surface area contributed by atoms with Crippen LogP contribution in [-0.4, -0.2) is 0 Å². The van der Waals surface area contributed by atoms with E-state index in [2.05, 4.69) is 125 Å². The molecule has 0 unspecified atom stereocenters. The van der Waals surface area contributed by atoms with Crippen molar-refractivity contribution in [3.05, 3.63) is 134 Å². The van der Waals surface area contributed by atoms with Crippen LogP contribution < -0.4 is 0 Å². The predicted octanol–water partition coefficient (Wildman–Crippen LogP) is 16.7. The zero-order valence-electron chi connectivity index (χ0n) is 40.1. The first-order valence-electron chi connectivity index (χ1n) is 23.1. The molecule has 10 aromatic rings. The summed E-state index contributed by atoms with van der Waals surface area (Å²) >= 11 is 0. The molecule has 10 aromatic carbocycles. The summed E-state index contributed by atoms with van der Waals surface area (Å²) in [6, 6.07) is 0. The van der Waals surface area contributed by atoms with Gasteiger partial charge in [-0.25, -0.2) is 0 Å². The summed E-state index contributed by atoms with van der Waals surface area (Å²) in [6.45, 7) is 42.5. The molecule has 0 N–H and O–H groups in total. The maximum Gasteiger partial charge on any atom is -0.000776 e. The molecule has 304 valence electrons. The number of hydrogen-bond acceptors (Lipinski definition) is 0. The van der Waals surface area contributed by atoms with Gasteiger partial charge in [-0.2, -0.15) is 0 Å². The van der Waals surface area contributed by atoms with Crippen LogP contribution in [0, 0.1) is 125 Å². The molecule has 0 heteroatoms. The number of benzene rings is 10. The third kappa shape index (κ3) is 3.87. The minimum absolute atomic E-state index is 1.14. The smallest absolute Gasteiger partial charge is 0.000776 e. The first-order valence-corrected chi connectivity index (χ1v) is 23.1. The molecule has 0 saturated heterocycles. The molecule has 0 amide bonds. The van der Waals surface area contributed by atoms with Gasteiger partial charge in [0.25, 0.3) is 0 Å². The van der Waals surface area contributed by atoms with Crippen molar-refractivity contribution in [1.82, 2.24) is 0 Å². The van der Waals surface area contributed by atoms with Gasteiger partial charge in [-0.15, -0.1) is 0 Å². The maximum atomic E-state index is 2.38. The Morgan fingerprint density at radius 2 is 0.279 bits per heavy atom. The molecule has 0 aliphatic heterocycles. The largest absolute Gasteiger partial charge is 0.0440 e. The quantitative estimate of drug-likeness (QED) is 0.106. The lowest BCUT2D eigenvalue weighted by Crippen LogP contribution is -2.15. The third-order valence-electron chi connectivity index (χ3n) is 19.0. The second-order valence-corrected chi connectivity index (χ2v) is 20.7. The van der Waals surface area contributed by atoms with Crippen LogP contribution in [0.25, 0.3) is 86.2 Å². The van der Waals surface area contributed by atoms with Crippen LogP contribution in [0.2, 0.25) is 0 Å². The molecular formula is C61H60. The van der Waals surface area contributed by atoms with Gasteiger partial charge in [0.2, 0.25) is 0 Å². The van der Waals surface area contributed by atoms with Crippen molar-refractivity contribution in [2.24, 2.45) is 0 Å². The van der Waals surface area contributed by atoms with E-state index >= 15 is 0 Å². The number of hydrogen-bond donors (Lipinski definition) is 0. The fraction of sp³-hybridized carbons (Fsp3) is 0.344. The monoisotopic (exact) mass is 792 g/mol. The highest BCUT2D eigenvalue weighted by molar-refractivity contribution is 6.40. The Morgan fingerprint density at radius 3 is 0.475 bits per heavy atom. The lowest BCUT2D eigenvalue weighted by Gasteiger charge is -2.35. The number of fused-ring (bicyclic) bond motifs is 4. The Balaban J connectivity index is 0.000000131. The van der Waals surface area contributed by atoms with Gasteiger partial charge in [0.15, 0.2) is 0 Å². The normalized spacial score (nSPS) is 13.9. The Bertz CT molecular complexity index is 3510. The standard InChI is InChI=1S/C31H32.C30H28/c1-12-16(5)24-17(6)13(2)19(8)26-28-21(10)15(4)23-11-22-14(3)20(9)27(31(28)29(22)23)25(18(12)7)30(24)26;1-11-15(5)23-24-16(6)13(3)21-10-22-14(4)18(8)26(30(24)28(21)22)25-17(7)12(2)20-9-19(11)27(20)29(23)25/h11H2,1-10H3;9-10H2,1-8H3. The van der Waals surface area contributed by atoms with E-state index in [9.17, 15) is 0 Å². The van der Waals surface area contributed by atoms with Crippen molar-refractivity contribution < 1.29 is 0 Å². The Morgan fingerprint density at radius 1 is 0.131 bits per heavy atom. The lowest BCUT2D eigenvalue weighted by molar-refractivity contribution is 1.08. The van der Waals surface area contributed by atoms with Gasteiger partial charge < -0.3 is 0 Å². The van der Waals surface area contributed by atoms with Crippen molar-refractivity contribution in [1.29, 1.82) is 0 Å². The van der Waals surface area contributed by atoms with Crippen LogP contribution in [-0.2, 0) is 19.3 Å². The molecule has 3 aliphatic rings. The minimum atomic E-state index is 1.14.